The van der Waals surface area contributed by atoms with Crippen LogP contribution < -0.4 is 21.7 Å². The number of hydrogen-bond donors (Lipinski definition) is 4. The molecule has 0 aliphatic carbocycles. The second-order valence-corrected chi connectivity index (χ2v) is 4.50. The van der Waals surface area contributed by atoms with Crippen LogP contribution in [0.3, 0.4) is 0 Å². The van der Waals surface area contributed by atoms with Gasteiger partial charge in [0.2, 0.25) is 5.91 Å². The molecule has 0 aliphatic heterocycles. The van der Waals surface area contributed by atoms with Crippen LogP contribution in [0, 0.1) is 0 Å². The van der Waals surface area contributed by atoms with Crippen LogP contribution in [-0.2, 0) is 11.3 Å². The SMILES string of the molecule is CCNC(=O)[C@H](C)NC(=O)c1ccc(CNC(N)=O)cc1. The molecule has 21 heavy (non-hydrogen) atoms. The summed E-state index contributed by atoms with van der Waals surface area (Å²) in [4.78, 5) is 34.1. The highest BCUT2D eigenvalue weighted by Crippen LogP contribution is 2.04. The van der Waals surface area contributed by atoms with E-state index in [1.165, 1.54) is 0 Å². The summed E-state index contributed by atoms with van der Waals surface area (Å²) >= 11 is 0. The molecule has 0 saturated heterocycles. The molecular formula is C14H20N4O3. The van der Waals surface area contributed by atoms with Crippen LogP contribution in [0.25, 0.3) is 0 Å². The Kier molecular flexibility index (Phi) is 6.19. The first-order chi connectivity index (χ1) is 9.93. The molecule has 1 aromatic rings. The molecule has 114 valence electrons. The van der Waals surface area contributed by atoms with Crippen molar-refractivity contribution in [2.24, 2.45) is 5.73 Å². The van der Waals surface area contributed by atoms with Gasteiger partial charge in [0.1, 0.15) is 6.04 Å². The first-order valence-electron chi connectivity index (χ1n) is 6.64. The summed E-state index contributed by atoms with van der Waals surface area (Å²) in [6.07, 6.45) is 0. The molecule has 0 aliphatic rings. The van der Waals surface area contributed by atoms with E-state index >= 15 is 0 Å². The van der Waals surface area contributed by atoms with E-state index < -0.39 is 12.1 Å². The van der Waals surface area contributed by atoms with Crippen LogP contribution in [0.15, 0.2) is 24.3 Å². The van der Waals surface area contributed by atoms with Gasteiger partial charge in [0.05, 0.1) is 0 Å². The average molecular weight is 292 g/mol. The standard InChI is InChI=1S/C14H20N4O3/c1-3-16-12(19)9(2)18-13(20)11-6-4-10(5-7-11)8-17-14(15)21/h4-7,9H,3,8H2,1-2H3,(H,16,19)(H,18,20)(H3,15,17,21)/t9-/m0/s1. The zero-order chi connectivity index (χ0) is 15.8. The number of benzene rings is 1. The van der Waals surface area contributed by atoms with Crippen LogP contribution >= 0.6 is 0 Å². The fraction of sp³-hybridized carbons (Fsp3) is 0.357. The molecule has 7 heteroatoms. The first-order valence-corrected chi connectivity index (χ1v) is 6.64. The smallest absolute Gasteiger partial charge is 0.312 e. The lowest BCUT2D eigenvalue weighted by molar-refractivity contribution is -0.122. The molecule has 0 fully saturated rings. The zero-order valence-electron chi connectivity index (χ0n) is 12.1. The molecule has 0 unspecified atom stereocenters. The molecule has 0 radical (unpaired) electrons. The number of likely N-dealkylation sites (N-methyl/N-ethyl adjacent to an activating group) is 1. The Morgan fingerprint density at radius 1 is 1.14 bits per heavy atom. The third-order valence-corrected chi connectivity index (χ3v) is 2.77. The van der Waals surface area contributed by atoms with Crippen LogP contribution in [0.4, 0.5) is 4.79 Å². The third kappa shape index (κ3) is 5.52. The van der Waals surface area contributed by atoms with Crippen LogP contribution in [-0.4, -0.2) is 30.4 Å². The number of hydrogen-bond acceptors (Lipinski definition) is 3. The molecule has 1 rings (SSSR count). The maximum atomic E-state index is 12.0. The van der Waals surface area contributed by atoms with Gasteiger partial charge in [-0.25, -0.2) is 4.79 Å². The van der Waals surface area contributed by atoms with E-state index in [2.05, 4.69) is 16.0 Å². The Bertz CT molecular complexity index is 513. The lowest BCUT2D eigenvalue weighted by atomic mass is 10.1. The van der Waals surface area contributed by atoms with Crippen molar-refractivity contribution in [3.05, 3.63) is 35.4 Å². The summed E-state index contributed by atoms with van der Waals surface area (Å²) < 4.78 is 0. The maximum absolute atomic E-state index is 12.0. The highest BCUT2D eigenvalue weighted by Gasteiger charge is 2.15. The number of carbonyl (C=O) groups excluding carboxylic acids is 3. The van der Waals surface area contributed by atoms with Crippen molar-refractivity contribution >= 4 is 17.8 Å². The van der Waals surface area contributed by atoms with Crippen molar-refractivity contribution < 1.29 is 14.4 Å². The minimum absolute atomic E-state index is 0.229. The van der Waals surface area contributed by atoms with Gasteiger partial charge in [-0.05, 0) is 31.5 Å². The normalized spacial score (nSPS) is 11.3. The highest BCUT2D eigenvalue weighted by molar-refractivity contribution is 5.97. The Morgan fingerprint density at radius 3 is 2.29 bits per heavy atom. The second kappa shape index (κ2) is 7.88. The monoisotopic (exact) mass is 292 g/mol. The Morgan fingerprint density at radius 2 is 1.76 bits per heavy atom. The van der Waals surface area contributed by atoms with Crippen molar-refractivity contribution in [3.63, 3.8) is 0 Å². The van der Waals surface area contributed by atoms with Gasteiger partial charge in [-0.1, -0.05) is 12.1 Å². The summed E-state index contributed by atoms with van der Waals surface area (Å²) in [5.41, 5.74) is 6.23. The number of primary amides is 1. The third-order valence-electron chi connectivity index (χ3n) is 2.77. The van der Waals surface area contributed by atoms with Gasteiger partial charge in [-0.2, -0.15) is 0 Å². The van der Waals surface area contributed by atoms with Crippen molar-refractivity contribution in [2.45, 2.75) is 26.4 Å². The number of rotatable bonds is 6. The summed E-state index contributed by atoms with van der Waals surface area (Å²) in [7, 11) is 0. The van der Waals surface area contributed by atoms with Gasteiger partial charge in [0, 0.05) is 18.7 Å². The fourth-order valence-corrected chi connectivity index (χ4v) is 1.64. The summed E-state index contributed by atoms with van der Waals surface area (Å²) in [6, 6.07) is 5.46. The predicted octanol–water partition coefficient (Wildman–Crippen LogP) is 0.109. The minimum Gasteiger partial charge on any atom is -0.355 e. The lowest BCUT2D eigenvalue weighted by Gasteiger charge is -2.13. The molecule has 0 heterocycles. The highest BCUT2D eigenvalue weighted by atomic mass is 16.2. The summed E-state index contributed by atoms with van der Waals surface area (Å²) in [5.74, 6) is -0.559. The van der Waals surface area contributed by atoms with E-state index in [9.17, 15) is 14.4 Å². The molecule has 1 aromatic carbocycles. The van der Waals surface area contributed by atoms with E-state index in [0.717, 1.165) is 5.56 Å². The molecule has 5 N–H and O–H groups in total. The molecule has 0 bridgehead atoms. The van der Waals surface area contributed by atoms with Crippen molar-refractivity contribution in [3.8, 4) is 0 Å². The van der Waals surface area contributed by atoms with Crippen molar-refractivity contribution in [1.29, 1.82) is 0 Å². The maximum Gasteiger partial charge on any atom is 0.312 e. The molecule has 0 saturated carbocycles. The second-order valence-electron chi connectivity index (χ2n) is 4.50. The summed E-state index contributed by atoms with van der Waals surface area (Å²) in [5, 5.41) is 7.70. The van der Waals surface area contributed by atoms with Crippen molar-refractivity contribution in [2.75, 3.05) is 6.54 Å². The molecule has 0 aromatic heterocycles. The van der Waals surface area contributed by atoms with Gasteiger partial charge in [0.25, 0.3) is 5.91 Å². The van der Waals surface area contributed by atoms with Crippen LogP contribution in [0.2, 0.25) is 0 Å². The molecule has 0 spiro atoms. The van der Waals surface area contributed by atoms with Crippen molar-refractivity contribution in [1.82, 2.24) is 16.0 Å². The van der Waals surface area contributed by atoms with E-state index in [4.69, 9.17) is 5.73 Å². The fourth-order valence-electron chi connectivity index (χ4n) is 1.64. The lowest BCUT2D eigenvalue weighted by Crippen LogP contribution is -2.44. The largest absolute Gasteiger partial charge is 0.355 e. The molecule has 7 nitrogen and oxygen atoms in total. The Balaban J connectivity index is 2.58. The Hall–Kier alpha value is -2.57. The van der Waals surface area contributed by atoms with E-state index in [1.807, 2.05) is 6.92 Å². The number of amides is 4. The van der Waals surface area contributed by atoms with Gasteiger partial charge in [0.15, 0.2) is 0 Å². The quantitative estimate of drug-likeness (QED) is 0.596. The molecule has 1 atom stereocenters. The van der Waals surface area contributed by atoms with E-state index in [1.54, 1.807) is 31.2 Å². The van der Waals surface area contributed by atoms with Crippen LogP contribution in [0.1, 0.15) is 29.8 Å². The zero-order valence-corrected chi connectivity index (χ0v) is 12.1. The number of carbonyl (C=O) groups is 3. The summed E-state index contributed by atoms with van der Waals surface area (Å²) in [6.45, 7) is 4.24. The van der Waals surface area contributed by atoms with Gasteiger partial charge < -0.3 is 21.7 Å². The van der Waals surface area contributed by atoms with Gasteiger partial charge in [-0.15, -0.1) is 0 Å². The molecular weight excluding hydrogens is 272 g/mol. The van der Waals surface area contributed by atoms with Gasteiger partial charge >= 0.3 is 6.03 Å². The van der Waals surface area contributed by atoms with Crippen LogP contribution in [0.5, 0.6) is 0 Å². The number of nitrogens with two attached hydrogens (primary N) is 1. The van der Waals surface area contributed by atoms with Gasteiger partial charge in [-0.3, -0.25) is 9.59 Å². The number of urea groups is 1. The number of nitrogens with one attached hydrogen (secondary N) is 3. The minimum atomic E-state index is -0.604. The van der Waals surface area contributed by atoms with E-state index in [0.29, 0.717) is 18.7 Å². The topological polar surface area (TPSA) is 113 Å². The predicted molar refractivity (Wildman–Crippen MR) is 78.5 cm³/mol. The first kappa shape index (κ1) is 16.5. The Labute approximate surface area is 123 Å². The van der Waals surface area contributed by atoms with E-state index in [-0.39, 0.29) is 11.8 Å². The average Bonchev–Trinajstić information content (AvgIpc) is 2.45. The molecule has 4 amide bonds.